The zero-order chi connectivity index (χ0) is 11.1. The van der Waals surface area contributed by atoms with Gasteiger partial charge in [-0.1, -0.05) is 37.5 Å². The first-order chi connectivity index (χ1) is 7.95. The van der Waals surface area contributed by atoms with Crippen LogP contribution in [0.2, 0.25) is 0 Å². The van der Waals surface area contributed by atoms with Gasteiger partial charge in [0.25, 0.3) is 0 Å². The normalized spacial score (nSPS) is 21.2. The van der Waals surface area contributed by atoms with Gasteiger partial charge < -0.3 is 0 Å². The summed E-state index contributed by atoms with van der Waals surface area (Å²) >= 11 is 0. The predicted octanol–water partition coefficient (Wildman–Crippen LogP) is 4.15. The third-order valence-electron chi connectivity index (χ3n) is 3.97. The van der Waals surface area contributed by atoms with E-state index in [0.29, 0.717) is 0 Å². The van der Waals surface area contributed by atoms with Crippen molar-refractivity contribution in [3.63, 3.8) is 0 Å². The van der Waals surface area contributed by atoms with Crippen LogP contribution in [0.25, 0.3) is 0 Å². The second-order valence-electron chi connectivity index (χ2n) is 5.31. The Morgan fingerprint density at radius 1 is 0.625 bits per heavy atom. The highest BCUT2D eigenvalue weighted by molar-refractivity contribution is 5.26. The van der Waals surface area contributed by atoms with Crippen LogP contribution in [0, 0.1) is 35.5 Å². The summed E-state index contributed by atoms with van der Waals surface area (Å²) in [5.74, 6) is 14.3. The fourth-order valence-electron chi connectivity index (χ4n) is 2.91. The lowest BCUT2D eigenvalue weighted by molar-refractivity contribution is 0.566. The zero-order valence-electron chi connectivity index (χ0n) is 10.2. The van der Waals surface area contributed by atoms with E-state index in [9.17, 15) is 0 Å². The van der Waals surface area contributed by atoms with Gasteiger partial charge >= 0.3 is 0 Å². The first-order valence-electron chi connectivity index (χ1n) is 6.91. The minimum atomic E-state index is 0.879. The lowest BCUT2D eigenvalue weighted by Crippen LogP contribution is -1.89. The minimum absolute atomic E-state index is 0.879. The molecule has 0 aromatic heterocycles. The van der Waals surface area contributed by atoms with Crippen LogP contribution in [0.15, 0.2) is 0 Å². The van der Waals surface area contributed by atoms with E-state index in [-0.39, 0.29) is 0 Å². The van der Waals surface area contributed by atoms with Gasteiger partial charge in [0.15, 0.2) is 0 Å². The number of rotatable bonds is 2. The molecular formula is C16H22. The fourth-order valence-corrected chi connectivity index (χ4v) is 2.91. The molecule has 0 N–H and O–H groups in total. The Bertz CT molecular complexity index is 271. The Hall–Kier alpha value is -0.880. The molecule has 0 aromatic rings. The summed E-state index contributed by atoms with van der Waals surface area (Å²) in [5, 5.41) is 0. The second-order valence-corrected chi connectivity index (χ2v) is 5.31. The predicted molar refractivity (Wildman–Crippen MR) is 68.7 cm³/mol. The third kappa shape index (κ3) is 3.94. The highest BCUT2D eigenvalue weighted by Gasteiger charge is 2.13. The van der Waals surface area contributed by atoms with Crippen molar-refractivity contribution >= 4 is 0 Å². The fraction of sp³-hybridized carbons (Fsp3) is 0.750. The number of hydrogen-bond acceptors (Lipinski definition) is 0. The number of hydrogen-bond donors (Lipinski definition) is 0. The van der Waals surface area contributed by atoms with Gasteiger partial charge in [-0.05, 0) is 49.4 Å². The smallest absolute Gasteiger partial charge is 0.0127 e. The van der Waals surface area contributed by atoms with Crippen molar-refractivity contribution in [2.45, 2.75) is 64.2 Å². The molecule has 2 saturated carbocycles. The van der Waals surface area contributed by atoms with Gasteiger partial charge in [0, 0.05) is 12.8 Å². The molecule has 0 atom stereocenters. The summed E-state index contributed by atoms with van der Waals surface area (Å²) in [6.45, 7) is 0. The van der Waals surface area contributed by atoms with Crippen LogP contribution in [0.5, 0.6) is 0 Å². The lowest BCUT2D eigenvalue weighted by Gasteiger charge is -2.00. The molecule has 0 heteroatoms. The van der Waals surface area contributed by atoms with Crippen LogP contribution in [0.3, 0.4) is 0 Å². The van der Waals surface area contributed by atoms with E-state index >= 15 is 0 Å². The van der Waals surface area contributed by atoms with Crippen molar-refractivity contribution in [1.29, 1.82) is 0 Å². The molecule has 2 aliphatic rings. The topological polar surface area (TPSA) is 0 Å². The summed E-state index contributed by atoms with van der Waals surface area (Å²) in [7, 11) is 0. The van der Waals surface area contributed by atoms with Crippen molar-refractivity contribution in [3.05, 3.63) is 0 Å². The van der Waals surface area contributed by atoms with Crippen LogP contribution < -0.4 is 0 Å². The molecule has 0 saturated heterocycles. The standard InChI is InChI=1S/C16H22/c1(3-9-15-11-5-6-12-15)2-4-10-16-13-7-8-14-16/h15-16H,5-14H2. The summed E-state index contributed by atoms with van der Waals surface area (Å²) in [6.07, 6.45) is 13.4. The van der Waals surface area contributed by atoms with Crippen molar-refractivity contribution < 1.29 is 0 Å². The van der Waals surface area contributed by atoms with E-state index in [1.165, 1.54) is 51.4 Å². The molecule has 2 rings (SSSR count). The highest BCUT2D eigenvalue weighted by Crippen LogP contribution is 2.27. The first-order valence-corrected chi connectivity index (χ1v) is 6.91. The third-order valence-corrected chi connectivity index (χ3v) is 3.97. The Morgan fingerprint density at radius 2 is 1.00 bits per heavy atom. The SMILES string of the molecule is C(C#CCC1CCCC1)#CCC1CCCC1. The average molecular weight is 214 g/mol. The Balaban J connectivity index is 1.61. The van der Waals surface area contributed by atoms with Crippen molar-refractivity contribution in [2.75, 3.05) is 0 Å². The molecule has 0 aromatic carbocycles. The van der Waals surface area contributed by atoms with E-state index in [1.54, 1.807) is 0 Å². The van der Waals surface area contributed by atoms with Gasteiger partial charge in [-0.25, -0.2) is 0 Å². The molecule has 2 aliphatic carbocycles. The molecule has 0 amide bonds. The molecule has 0 radical (unpaired) electrons. The quantitative estimate of drug-likeness (QED) is 0.606. The van der Waals surface area contributed by atoms with Crippen LogP contribution in [0.4, 0.5) is 0 Å². The van der Waals surface area contributed by atoms with E-state index < -0.39 is 0 Å². The summed E-state index contributed by atoms with van der Waals surface area (Å²) in [5.41, 5.74) is 0. The lowest BCUT2D eigenvalue weighted by atomic mass is 10.0. The van der Waals surface area contributed by atoms with Gasteiger partial charge in [-0.3, -0.25) is 0 Å². The van der Waals surface area contributed by atoms with Crippen LogP contribution in [0.1, 0.15) is 64.2 Å². The van der Waals surface area contributed by atoms with Gasteiger partial charge in [0.05, 0.1) is 0 Å². The molecule has 0 nitrogen and oxygen atoms in total. The molecule has 0 bridgehead atoms. The Kier molecular flexibility index (Phi) is 4.82. The largest absolute Gasteiger partial charge is 0.0888 e. The van der Waals surface area contributed by atoms with Gasteiger partial charge in [0.2, 0.25) is 0 Å². The van der Waals surface area contributed by atoms with E-state index in [4.69, 9.17) is 0 Å². The molecular weight excluding hydrogens is 192 g/mol. The Labute approximate surface area is 100 Å². The molecule has 86 valence electrons. The zero-order valence-corrected chi connectivity index (χ0v) is 10.2. The average Bonchev–Trinajstić information content (AvgIpc) is 2.96. The van der Waals surface area contributed by atoms with E-state index in [0.717, 1.165) is 24.7 Å². The molecule has 0 spiro atoms. The first kappa shape index (κ1) is 11.6. The van der Waals surface area contributed by atoms with Crippen LogP contribution in [-0.2, 0) is 0 Å². The maximum Gasteiger partial charge on any atom is 0.0127 e. The summed E-state index contributed by atoms with van der Waals surface area (Å²) < 4.78 is 0. The molecule has 0 unspecified atom stereocenters. The van der Waals surface area contributed by atoms with Crippen LogP contribution in [-0.4, -0.2) is 0 Å². The van der Waals surface area contributed by atoms with E-state index in [1.807, 2.05) is 0 Å². The summed E-state index contributed by atoms with van der Waals surface area (Å²) in [4.78, 5) is 0. The van der Waals surface area contributed by atoms with Crippen molar-refractivity contribution in [1.82, 2.24) is 0 Å². The van der Waals surface area contributed by atoms with Gasteiger partial charge in [0.1, 0.15) is 0 Å². The molecule has 2 fully saturated rings. The monoisotopic (exact) mass is 214 g/mol. The van der Waals surface area contributed by atoms with Crippen molar-refractivity contribution in [3.8, 4) is 23.7 Å². The van der Waals surface area contributed by atoms with Crippen molar-refractivity contribution in [2.24, 2.45) is 11.8 Å². The second kappa shape index (κ2) is 6.65. The molecule has 16 heavy (non-hydrogen) atoms. The van der Waals surface area contributed by atoms with Gasteiger partial charge in [-0.2, -0.15) is 0 Å². The minimum Gasteiger partial charge on any atom is -0.0888 e. The maximum atomic E-state index is 3.23. The van der Waals surface area contributed by atoms with Gasteiger partial charge in [-0.15, -0.1) is 0 Å². The van der Waals surface area contributed by atoms with E-state index in [2.05, 4.69) is 23.7 Å². The molecule has 0 aliphatic heterocycles. The molecule has 0 heterocycles. The Morgan fingerprint density at radius 3 is 1.38 bits per heavy atom. The maximum absolute atomic E-state index is 3.23. The van der Waals surface area contributed by atoms with Crippen LogP contribution >= 0.6 is 0 Å². The highest BCUT2D eigenvalue weighted by atomic mass is 14.2. The summed E-state index contributed by atoms with van der Waals surface area (Å²) in [6, 6.07) is 0.